The predicted octanol–water partition coefficient (Wildman–Crippen LogP) is 1.79. The highest BCUT2D eigenvalue weighted by Gasteiger charge is 2.30. The molecule has 1 aromatic heterocycles. The zero-order valence-electron chi connectivity index (χ0n) is 15.9. The Kier molecular flexibility index (Phi) is 6.04. The second kappa shape index (κ2) is 8.07. The SMILES string of the molecule is COc1cc(-c2onc(N(C)C)c2C(=O)N[C@@H](C(N)=O)C(C)C)ccc1F. The van der Waals surface area contributed by atoms with E-state index < -0.39 is 23.7 Å². The first-order chi connectivity index (χ1) is 12.7. The first-order valence-corrected chi connectivity index (χ1v) is 8.28. The molecule has 2 rings (SSSR count). The number of rotatable bonds is 7. The molecule has 0 radical (unpaired) electrons. The van der Waals surface area contributed by atoms with Crippen molar-refractivity contribution in [2.75, 3.05) is 26.1 Å². The predicted molar refractivity (Wildman–Crippen MR) is 98.1 cm³/mol. The molecule has 2 aromatic rings. The van der Waals surface area contributed by atoms with Crippen LogP contribution in [0.25, 0.3) is 11.3 Å². The van der Waals surface area contributed by atoms with Gasteiger partial charge >= 0.3 is 0 Å². The fraction of sp³-hybridized carbons (Fsp3) is 0.389. The highest BCUT2D eigenvalue weighted by molar-refractivity contribution is 6.05. The molecule has 3 N–H and O–H groups in total. The molecule has 146 valence electrons. The number of ether oxygens (including phenoxy) is 1. The number of hydrogen-bond donors (Lipinski definition) is 2. The van der Waals surface area contributed by atoms with E-state index in [1.54, 1.807) is 32.8 Å². The molecule has 1 heterocycles. The van der Waals surface area contributed by atoms with Crippen molar-refractivity contribution in [1.29, 1.82) is 0 Å². The molecule has 0 spiro atoms. The summed E-state index contributed by atoms with van der Waals surface area (Å²) in [7, 11) is 4.72. The second-order valence-electron chi connectivity index (χ2n) is 6.55. The third-order valence-electron chi connectivity index (χ3n) is 4.00. The summed E-state index contributed by atoms with van der Waals surface area (Å²) in [6, 6.07) is 3.19. The van der Waals surface area contributed by atoms with Gasteiger partial charge in [-0.15, -0.1) is 0 Å². The van der Waals surface area contributed by atoms with Gasteiger partial charge in [0.2, 0.25) is 5.91 Å². The van der Waals surface area contributed by atoms with Crippen molar-refractivity contribution in [2.45, 2.75) is 19.9 Å². The van der Waals surface area contributed by atoms with E-state index in [1.165, 1.54) is 25.3 Å². The highest BCUT2D eigenvalue weighted by atomic mass is 19.1. The number of anilines is 1. The lowest BCUT2D eigenvalue weighted by molar-refractivity contribution is -0.120. The molecule has 0 aliphatic heterocycles. The lowest BCUT2D eigenvalue weighted by Gasteiger charge is -2.19. The van der Waals surface area contributed by atoms with Crippen LogP contribution in [0.15, 0.2) is 22.7 Å². The van der Waals surface area contributed by atoms with E-state index in [-0.39, 0.29) is 28.8 Å². The summed E-state index contributed by atoms with van der Waals surface area (Å²) >= 11 is 0. The lowest BCUT2D eigenvalue weighted by Crippen LogP contribution is -2.47. The van der Waals surface area contributed by atoms with Gasteiger partial charge < -0.3 is 25.2 Å². The van der Waals surface area contributed by atoms with E-state index in [4.69, 9.17) is 15.0 Å². The molecular formula is C18H23FN4O4. The van der Waals surface area contributed by atoms with Gasteiger partial charge in [-0.1, -0.05) is 19.0 Å². The number of methoxy groups -OCH3 is 1. The van der Waals surface area contributed by atoms with Crippen LogP contribution in [0.3, 0.4) is 0 Å². The lowest BCUT2D eigenvalue weighted by atomic mass is 10.0. The van der Waals surface area contributed by atoms with E-state index >= 15 is 0 Å². The summed E-state index contributed by atoms with van der Waals surface area (Å²) in [5.41, 5.74) is 5.89. The van der Waals surface area contributed by atoms with Gasteiger partial charge in [-0.05, 0) is 24.1 Å². The quantitative estimate of drug-likeness (QED) is 0.760. The fourth-order valence-corrected chi connectivity index (χ4v) is 2.57. The minimum Gasteiger partial charge on any atom is -0.494 e. The fourth-order valence-electron chi connectivity index (χ4n) is 2.57. The first kappa shape index (κ1) is 20.2. The number of carbonyl (C=O) groups excluding carboxylic acids is 2. The molecule has 0 saturated heterocycles. The van der Waals surface area contributed by atoms with Crippen LogP contribution in [-0.2, 0) is 4.79 Å². The number of carbonyl (C=O) groups is 2. The van der Waals surface area contributed by atoms with E-state index in [2.05, 4.69) is 10.5 Å². The Hall–Kier alpha value is -3.10. The van der Waals surface area contributed by atoms with Crippen LogP contribution >= 0.6 is 0 Å². The largest absolute Gasteiger partial charge is 0.494 e. The number of hydrogen-bond acceptors (Lipinski definition) is 6. The number of halogens is 1. The molecule has 0 unspecified atom stereocenters. The molecule has 1 atom stereocenters. The number of primary amides is 1. The van der Waals surface area contributed by atoms with Crippen LogP contribution in [0.1, 0.15) is 24.2 Å². The van der Waals surface area contributed by atoms with Gasteiger partial charge in [0.15, 0.2) is 23.1 Å². The second-order valence-corrected chi connectivity index (χ2v) is 6.55. The standard InChI is InChI=1S/C18H23FN4O4/c1-9(2)14(16(20)24)21-18(25)13-15(27-22-17(13)23(3)4)10-6-7-11(19)12(8-10)26-5/h6-9,14H,1-5H3,(H2,20,24)(H,21,25)/t14-/m1/s1. The van der Waals surface area contributed by atoms with Gasteiger partial charge in [-0.2, -0.15) is 0 Å². The Labute approximate surface area is 156 Å². The summed E-state index contributed by atoms with van der Waals surface area (Å²) in [5, 5.41) is 6.55. The van der Waals surface area contributed by atoms with Crippen molar-refractivity contribution < 1.29 is 23.2 Å². The average molecular weight is 378 g/mol. The third-order valence-corrected chi connectivity index (χ3v) is 4.00. The van der Waals surface area contributed by atoms with Crippen molar-refractivity contribution in [3.8, 4) is 17.1 Å². The summed E-state index contributed by atoms with van der Waals surface area (Å²) in [4.78, 5) is 26.2. The van der Waals surface area contributed by atoms with Crippen LogP contribution < -0.4 is 20.7 Å². The van der Waals surface area contributed by atoms with Crippen LogP contribution in [0.4, 0.5) is 10.2 Å². The summed E-state index contributed by atoms with van der Waals surface area (Å²) in [6.45, 7) is 3.53. The van der Waals surface area contributed by atoms with Gasteiger partial charge in [-0.25, -0.2) is 4.39 Å². The van der Waals surface area contributed by atoms with Gasteiger partial charge in [0.25, 0.3) is 5.91 Å². The van der Waals surface area contributed by atoms with Crippen molar-refractivity contribution in [2.24, 2.45) is 11.7 Å². The Morgan fingerprint density at radius 3 is 2.52 bits per heavy atom. The molecule has 0 bridgehead atoms. The number of nitrogens with zero attached hydrogens (tertiary/aromatic N) is 2. The molecule has 0 aliphatic carbocycles. The molecule has 1 aromatic carbocycles. The molecule has 8 nitrogen and oxygen atoms in total. The molecular weight excluding hydrogens is 355 g/mol. The number of amides is 2. The molecule has 9 heteroatoms. The molecule has 2 amide bonds. The third kappa shape index (κ3) is 4.18. The average Bonchev–Trinajstić information content (AvgIpc) is 3.04. The number of nitrogens with one attached hydrogen (secondary N) is 1. The summed E-state index contributed by atoms with van der Waals surface area (Å²) < 4.78 is 24.1. The van der Waals surface area contributed by atoms with Crippen LogP contribution in [0, 0.1) is 11.7 Å². The minimum atomic E-state index is -0.863. The van der Waals surface area contributed by atoms with Crippen molar-refractivity contribution in [3.63, 3.8) is 0 Å². The Balaban J connectivity index is 2.53. The monoisotopic (exact) mass is 378 g/mol. The Bertz CT molecular complexity index is 848. The molecule has 0 saturated carbocycles. The number of nitrogens with two attached hydrogens (primary N) is 1. The zero-order valence-corrected chi connectivity index (χ0v) is 15.9. The molecule has 0 aliphatic rings. The first-order valence-electron chi connectivity index (χ1n) is 8.28. The Morgan fingerprint density at radius 1 is 1.33 bits per heavy atom. The van der Waals surface area contributed by atoms with Crippen molar-refractivity contribution in [3.05, 3.63) is 29.6 Å². The maximum atomic E-state index is 13.7. The maximum Gasteiger partial charge on any atom is 0.259 e. The highest BCUT2D eigenvalue weighted by Crippen LogP contribution is 2.33. The summed E-state index contributed by atoms with van der Waals surface area (Å²) in [5.74, 6) is -1.59. The topological polar surface area (TPSA) is 111 Å². The van der Waals surface area contributed by atoms with E-state index in [0.29, 0.717) is 5.56 Å². The van der Waals surface area contributed by atoms with Crippen LogP contribution in [0.5, 0.6) is 5.75 Å². The Morgan fingerprint density at radius 2 is 2.00 bits per heavy atom. The normalized spacial score (nSPS) is 12.0. The number of aromatic nitrogens is 1. The van der Waals surface area contributed by atoms with Crippen LogP contribution in [0.2, 0.25) is 0 Å². The minimum absolute atomic E-state index is 0.00106. The smallest absolute Gasteiger partial charge is 0.259 e. The van der Waals surface area contributed by atoms with Gasteiger partial charge in [-0.3, -0.25) is 9.59 Å². The van der Waals surface area contributed by atoms with Gasteiger partial charge in [0.05, 0.1) is 7.11 Å². The van der Waals surface area contributed by atoms with Crippen LogP contribution in [-0.4, -0.2) is 44.2 Å². The molecule has 0 fully saturated rings. The van der Waals surface area contributed by atoms with E-state index in [0.717, 1.165) is 0 Å². The van der Waals surface area contributed by atoms with Gasteiger partial charge in [0, 0.05) is 19.7 Å². The van der Waals surface area contributed by atoms with E-state index in [1.807, 2.05) is 0 Å². The molecule has 27 heavy (non-hydrogen) atoms. The number of benzene rings is 1. The van der Waals surface area contributed by atoms with E-state index in [9.17, 15) is 14.0 Å². The maximum absolute atomic E-state index is 13.7. The zero-order chi connectivity index (χ0) is 20.3. The van der Waals surface area contributed by atoms with Crippen molar-refractivity contribution >= 4 is 17.6 Å². The summed E-state index contributed by atoms with van der Waals surface area (Å²) in [6.07, 6.45) is 0. The van der Waals surface area contributed by atoms with Crippen molar-refractivity contribution in [1.82, 2.24) is 10.5 Å². The van der Waals surface area contributed by atoms with Gasteiger partial charge in [0.1, 0.15) is 11.6 Å².